The normalized spacial score (nSPS) is 10.2. The minimum Gasteiger partial charge on any atom is -0.288 e. The zero-order chi connectivity index (χ0) is 18.5. The van der Waals surface area contributed by atoms with E-state index >= 15 is 0 Å². The fourth-order valence-electron chi connectivity index (χ4n) is 2.46. The molecule has 0 bridgehead atoms. The maximum absolute atomic E-state index is 13.0. The van der Waals surface area contributed by atoms with Crippen LogP contribution in [0.1, 0.15) is 26.3 Å². The summed E-state index contributed by atoms with van der Waals surface area (Å²) in [6.45, 7) is 0. The molecule has 3 rings (SSSR count). The molecule has 4 heteroatoms. The first kappa shape index (κ1) is 18.5. The number of hydrogen-bond donors (Lipinski definition) is 0. The van der Waals surface area contributed by atoms with Crippen molar-refractivity contribution in [2.24, 2.45) is 0 Å². The summed E-state index contributed by atoms with van der Waals surface area (Å²) in [5.74, 6) is -0.594. The van der Waals surface area contributed by atoms with Crippen LogP contribution in [-0.4, -0.2) is 11.6 Å². The highest BCUT2D eigenvalue weighted by Gasteiger charge is 2.21. The molecular weight excluding hydrogens is 456 g/mol. The van der Waals surface area contributed by atoms with E-state index in [1.54, 1.807) is 54.6 Å². The smallest absolute Gasteiger partial charge is 0.196 e. The summed E-state index contributed by atoms with van der Waals surface area (Å²) < 4.78 is 1.75. The molecule has 26 heavy (non-hydrogen) atoms. The van der Waals surface area contributed by atoms with E-state index in [1.807, 2.05) is 30.3 Å². The van der Waals surface area contributed by atoms with Crippen LogP contribution in [0.15, 0.2) is 93.4 Å². The molecule has 0 unspecified atom stereocenters. The number of halogens is 2. The fourth-order valence-corrected chi connectivity index (χ4v) is 2.99. The molecule has 0 atom stereocenters. The molecule has 3 aromatic rings. The van der Waals surface area contributed by atoms with Gasteiger partial charge in [-0.25, -0.2) is 0 Å². The zero-order valence-electron chi connectivity index (χ0n) is 13.7. The predicted octanol–water partition coefficient (Wildman–Crippen LogP) is 6.36. The largest absolute Gasteiger partial charge is 0.288 e. The van der Waals surface area contributed by atoms with Gasteiger partial charge in [-0.15, -0.1) is 0 Å². The van der Waals surface area contributed by atoms with Crippen LogP contribution in [0.2, 0.25) is 0 Å². The van der Waals surface area contributed by atoms with E-state index in [9.17, 15) is 9.59 Å². The third-order valence-corrected chi connectivity index (χ3v) is 4.87. The van der Waals surface area contributed by atoms with Crippen LogP contribution >= 0.6 is 31.9 Å². The van der Waals surface area contributed by atoms with Crippen LogP contribution in [0.25, 0.3) is 6.08 Å². The van der Waals surface area contributed by atoms with Gasteiger partial charge in [0.05, 0.1) is 5.57 Å². The quantitative estimate of drug-likeness (QED) is 0.188. The van der Waals surface area contributed by atoms with E-state index in [0.717, 1.165) is 14.5 Å². The lowest BCUT2D eigenvalue weighted by Crippen LogP contribution is -2.13. The lowest BCUT2D eigenvalue weighted by atomic mass is 9.94. The molecule has 0 spiro atoms. The first-order valence-electron chi connectivity index (χ1n) is 7.92. The summed E-state index contributed by atoms with van der Waals surface area (Å²) >= 11 is 6.72. The molecule has 0 fully saturated rings. The van der Waals surface area contributed by atoms with Gasteiger partial charge in [-0.3, -0.25) is 9.59 Å². The van der Waals surface area contributed by atoms with Crippen molar-refractivity contribution >= 4 is 49.5 Å². The number of carbonyl (C=O) groups excluding carboxylic acids is 2. The molecule has 3 aromatic carbocycles. The van der Waals surface area contributed by atoms with Crippen molar-refractivity contribution in [3.63, 3.8) is 0 Å². The molecule has 0 aromatic heterocycles. The Bertz CT molecular complexity index is 898. The van der Waals surface area contributed by atoms with E-state index in [4.69, 9.17) is 0 Å². The number of hydrogen-bond acceptors (Lipinski definition) is 2. The zero-order valence-corrected chi connectivity index (χ0v) is 16.8. The van der Waals surface area contributed by atoms with E-state index in [-0.39, 0.29) is 17.1 Å². The third kappa shape index (κ3) is 4.45. The Labute approximate surface area is 168 Å². The van der Waals surface area contributed by atoms with E-state index < -0.39 is 0 Å². The highest BCUT2D eigenvalue weighted by Crippen LogP contribution is 2.21. The molecule has 0 N–H and O–H groups in total. The summed E-state index contributed by atoms with van der Waals surface area (Å²) in [7, 11) is 0. The number of allylic oxidation sites excluding steroid dienone is 1. The maximum atomic E-state index is 13.0. The molecule has 0 amide bonds. The Morgan fingerprint density at radius 1 is 0.615 bits per heavy atom. The Morgan fingerprint density at radius 2 is 1.04 bits per heavy atom. The van der Waals surface area contributed by atoms with Crippen molar-refractivity contribution in [2.45, 2.75) is 0 Å². The molecule has 0 saturated heterocycles. The number of Topliss-reactive ketones (excluding diaryl/α,β-unsaturated/α-hetero) is 2. The Balaban J connectivity index is 2.05. The van der Waals surface area contributed by atoms with Gasteiger partial charge >= 0.3 is 0 Å². The molecule has 0 heterocycles. The average molecular weight is 470 g/mol. The van der Waals surface area contributed by atoms with Crippen LogP contribution in [0, 0.1) is 0 Å². The molecule has 0 radical (unpaired) electrons. The van der Waals surface area contributed by atoms with Gasteiger partial charge in [0.1, 0.15) is 0 Å². The number of ketones is 2. The Hall–Kier alpha value is -2.30. The maximum Gasteiger partial charge on any atom is 0.196 e. The number of carbonyl (C=O) groups is 2. The Kier molecular flexibility index (Phi) is 5.96. The van der Waals surface area contributed by atoms with Crippen molar-refractivity contribution in [3.05, 3.63) is 110 Å². The van der Waals surface area contributed by atoms with Gasteiger partial charge in [0, 0.05) is 20.1 Å². The highest BCUT2D eigenvalue weighted by molar-refractivity contribution is 9.10. The average Bonchev–Trinajstić information content (AvgIpc) is 2.67. The SMILES string of the molecule is O=C(C(=Cc1ccccc1)C(=O)c1ccc(Br)cc1)c1ccc(Br)cc1. The van der Waals surface area contributed by atoms with Crippen LogP contribution < -0.4 is 0 Å². The van der Waals surface area contributed by atoms with Crippen LogP contribution in [0.3, 0.4) is 0 Å². The second-order valence-electron chi connectivity index (χ2n) is 5.64. The Morgan fingerprint density at radius 3 is 1.46 bits per heavy atom. The van der Waals surface area contributed by atoms with Gasteiger partial charge < -0.3 is 0 Å². The van der Waals surface area contributed by atoms with Crippen LogP contribution in [0.5, 0.6) is 0 Å². The molecule has 0 aliphatic carbocycles. The summed E-state index contributed by atoms with van der Waals surface area (Å²) in [4.78, 5) is 26.1. The van der Waals surface area contributed by atoms with Gasteiger partial charge in [0.15, 0.2) is 11.6 Å². The standard InChI is InChI=1S/C22H14Br2O2/c23-18-10-6-16(7-11-18)21(25)20(14-15-4-2-1-3-5-15)22(26)17-8-12-19(24)13-9-17/h1-14H. The first-order valence-corrected chi connectivity index (χ1v) is 9.50. The van der Waals surface area contributed by atoms with Crippen molar-refractivity contribution in [2.75, 3.05) is 0 Å². The molecule has 2 nitrogen and oxygen atoms in total. The highest BCUT2D eigenvalue weighted by atomic mass is 79.9. The van der Waals surface area contributed by atoms with Gasteiger partial charge in [-0.05, 0) is 60.2 Å². The minimum atomic E-state index is -0.297. The van der Waals surface area contributed by atoms with E-state index in [0.29, 0.717) is 11.1 Å². The lowest BCUT2D eigenvalue weighted by Gasteiger charge is -2.08. The molecule has 0 aliphatic heterocycles. The van der Waals surface area contributed by atoms with E-state index in [1.165, 1.54) is 0 Å². The molecule has 128 valence electrons. The topological polar surface area (TPSA) is 34.1 Å². The second-order valence-corrected chi connectivity index (χ2v) is 7.47. The van der Waals surface area contributed by atoms with Gasteiger partial charge in [-0.2, -0.15) is 0 Å². The van der Waals surface area contributed by atoms with Crippen molar-refractivity contribution in [1.29, 1.82) is 0 Å². The lowest BCUT2D eigenvalue weighted by molar-refractivity contribution is 0.0964. The van der Waals surface area contributed by atoms with Crippen molar-refractivity contribution in [3.8, 4) is 0 Å². The van der Waals surface area contributed by atoms with Crippen LogP contribution in [-0.2, 0) is 0 Å². The summed E-state index contributed by atoms with van der Waals surface area (Å²) in [5, 5.41) is 0. The third-order valence-electron chi connectivity index (χ3n) is 3.81. The van der Waals surface area contributed by atoms with Gasteiger partial charge in [0.2, 0.25) is 0 Å². The summed E-state index contributed by atoms with van der Waals surface area (Å²) in [6.07, 6.45) is 1.65. The molecule has 0 aliphatic rings. The van der Waals surface area contributed by atoms with Gasteiger partial charge in [0.25, 0.3) is 0 Å². The first-order chi connectivity index (χ1) is 12.5. The molecule has 0 saturated carbocycles. The van der Waals surface area contributed by atoms with Crippen LogP contribution in [0.4, 0.5) is 0 Å². The predicted molar refractivity (Wildman–Crippen MR) is 111 cm³/mol. The molecular formula is C22H14Br2O2. The fraction of sp³-hybridized carbons (Fsp3) is 0. The summed E-state index contributed by atoms with van der Waals surface area (Å²) in [5.41, 5.74) is 1.89. The minimum absolute atomic E-state index is 0.140. The monoisotopic (exact) mass is 468 g/mol. The van der Waals surface area contributed by atoms with Crippen molar-refractivity contribution in [1.82, 2.24) is 0 Å². The number of rotatable bonds is 5. The number of benzene rings is 3. The van der Waals surface area contributed by atoms with E-state index in [2.05, 4.69) is 31.9 Å². The van der Waals surface area contributed by atoms with Crippen molar-refractivity contribution < 1.29 is 9.59 Å². The second kappa shape index (κ2) is 8.39. The van der Waals surface area contributed by atoms with Gasteiger partial charge in [-0.1, -0.05) is 62.2 Å². The summed E-state index contributed by atoms with van der Waals surface area (Å²) in [6, 6.07) is 23.4.